The summed E-state index contributed by atoms with van der Waals surface area (Å²) in [5.41, 5.74) is 1.29. The minimum atomic E-state index is -0.655. The zero-order chi connectivity index (χ0) is 31.7. The highest BCUT2D eigenvalue weighted by atomic mass is 35.5. The van der Waals surface area contributed by atoms with Crippen molar-refractivity contribution in [3.63, 3.8) is 0 Å². The second-order valence-electron chi connectivity index (χ2n) is 10.9. The zero-order valence-electron chi connectivity index (χ0n) is 25.6. The minimum Gasteiger partial charge on any atom is -0.461 e. The number of nitrogens with zero attached hydrogens (tertiary/aromatic N) is 6. The van der Waals surface area contributed by atoms with E-state index in [0.29, 0.717) is 47.8 Å². The molecule has 1 aliphatic rings. The fourth-order valence-corrected chi connectivity index (χ4v) is 5.71. The molecule has 0 N–H and O–H groups in total. The fraction of sp³-hybridized carbons (Fsp3) is 0.312. The quantitative estimate of drug-likeness (QED) is 0.154. The number of carbonyl (C=O) groups is 2. The number of pyridine rings is 2. The molecule has 13 heteroatoms. The Balaban J connectivity index is 0.00000461. The van der Waals surface area contributed by atoms with E-state index >= 15 is 4.39 Å². The SMILES string of the molecule is C=CC(=O)N1CCN(c2nc(=O)n(-c3c(COC(C)=O)ccnc3C(C)C)c3nc(-c4ccccc4F)c(Cl)cc23)[C@@H](C)C1.P. The first-order valence-electron chi connectivity index (χ1n) is 14.2. The average Bonchev–Trinajstić information content (AvgIpc) is 2.99. The molecule has 1 fully saturated rings. The van der Waals surface area contributed by atoms with Gasteiger partial charge in [0, 0.05) is 49.9 Å². The summed E-state index contributed by atoms with van der Waals surface area (Å²) in [5, 5.41) is 0.612. The van der Waals surface area contributed by atoms with Gasteiger partial charge in [0.05, 0.1) is 27.5 Å². The first-order valence-corrected chi connectivity index (χ1v) is 14.6. The van der Waals surface area contributed by atoms with Gasteiger partial charge >= 0.3 is 11.7 Å². The number of hydrogen-bond acceptors (Lipinski definition) is 8. The normalized spacial score (nSPS) is 14.8. The molecule has 45 heavy (non-hydrogen) atoms. The molecule has 5 rings (SSSR count). The Hall–Kier alpha value is -4.21. The van der Waals surface area contributed by atoms with Gasteiger partial charge in [0.25, 0.3) is 0 Å². The number of anilines is 1. The Kier molecular flexibility index (Phi) is 10.4. The highest BCUT2D eigenvalue weighted by Crippen LogP contribution is 2.36. The second kappa shape index (κ2) is 13.8. The van der Waals surface area contributed by atoms with E-state index < -0.39 is 17.5 Å². The molecular formula is C32H35ClFN6O4P. The van der Waals surface area contributed by atoms with Crippen LogP contribution in [0.3, 0.4) is 0 Å². The third-order valence-corrected chi connectivity index (χ3v) is 7.84. The van der Waals surface area contributed by atoms with Crippen LogP contribution in [0.5, 0.6) is 0 Å². The number of benzene rings is 1. The lowest BCUT2D eigenvalue weighted by Gasteiger charge is -2.40. The van der Waals surface area contributed by atoms with E-state index in [1.807, 2.05) is 25.7 Å². The zero-order valence-corrected chi connectivity index (χ0v) is 27.8. The Morgan fingerprint density at radius 1 is 1.20 bits per heavy atom. The lowest BCUT2D eigenvalue weighted by Crippen LogP contribution is -2.54. The maximum atomic E-state index is 15.0. The van der Waals surface area contributed by atoms with Crippen LogP contribution in [0.4, 0.5) is 10.2 Å². The maximum Gasteiger partial charge on any atom is 0.355 e. The van der Waals surface area contributed by atoms with Crippen molar-refractivity contribution in [2.45, 2.75) is 46.3 Å². The van der Waals surface area contributed by atoms with Crippen molar-refractivity contribution in [1.29, 1.82) is 0 Å². The standard InChI is InChI=1S/C32H32ClFN6O4.H3P/c1-6-26(42)38-13-14-39(19(4)16-38)30-23-15-24(33)28(22-9-7-8-10-25(22)34)36-31(23)40(32(43)37-30)29-21(17-44-20(5)41)11-12-35-27(29)18(2)3;/h6-12,15,18-19H,1,13-14,16-17H2,2-5H3;1H3/t19-;/m0./s1. The number of fused-ring (bicyclic) bond motifs is 1. The van der Waals surface area contributed by atoms with Gasteiger partial charge in [0.1, 0.15) is 18.2 Å². The van der Waals surface area contributed by atoms with E-state index in [2.05, 4.69) is 16.5 Å². The van der Waals surface area contributed by atoms with Crippen molar-refractivity contribution in [2.75, 3.05) is 24.5 Å². The number of hydrogen-bond donors (Lipinski definition) is 0. The first-order chi connectivity index (χ1) is 21.0. The molecule has 4 aromatic rings. The smallest absolute Gasteiger partial charge is 0.355 e. The lowest BCUT2D eigenvalue weighted by atomic mass is 10.0. The third-order valence-electron chi connectivity index (χ3n) is 7.55. The highest BCUT2D eigenvalue weighted by molar-refractivity contribution is 6.92. The summed E-state index contributed by atoms with van der Waals surface area (Å²) in [5.74, 6) is -0.995. The fourth-order valence-electron chi connectivity index (χ4n) is 5.46. The van der Waals surface area contributed by atoms with Gasteiger partial charge in [-0.15, -0.1) is 0 Å². The Morgan fingerprint density at radius 3 is 2.58 bits per heavy atom. The summed E-state index contributed by atoms with van der Waals surface area (Å²) in [6.45, 7) is 11.7. The number of amides is 1. The van der Waals surface area contributed by atoms with Crippen LogP contribution in [0, 0.1) is 5.82 Å². The summed E-state index contributed by atoms with van der Waals surface area (Å²) in [6.07, 6.45) is 2.87. The molecule has 3 aromatic heterocycles. The molecule has 2 atom stereocenters. The Bertz CT molecular complexity index is 1850. The van der Waals surface area contributed by atoms with Gasteiger partial charge in [0.2, 0.25) is 5.91 Å². The average molecular weight is 653 g/mol. The van der Waals surface area contributed by atoms with Crippen molar-refractivity contribution in [3.05, 3.63) is 87.8 Å². The molecule has 0 spiro atoms. The summed E-state index contributed by atoms with van der Waals surface area (Å²) < 4.78 is 21.7. The summed E-state index contributed by atoms with van der Waals surface area (Å²) in [4.78, 5) is 55.8. The van der Waals surface area contributed by atoms with Crippen molar-refractivity contribution in [3.8, 4) is 16.9 Å². The molecule has 1 aliphatic heterocycles. The molecular weight excluding hydrogens is 618 g/mol. The van der Waals surface area contributed by atoms with Gasteiger partial charge in [-0.3, -0.25) is 14.6 Å². The van der Waals surface area contributed by atoms with Gasteiger partial charge in [-0.1, -0.05) is 44.2 Å². The molecule has 1 aromatic carbocycles. The van der Waals surface area contributed by atoms with Crippen LogP contribution in [-0.2, 0) is 20.9 Å². The Morgan fingerprint density at radius 2 is 1.93 bits per heavy atom. The molecule has 4 heterocycles. The number of ether oxygens (including phenoxy) is 1. The number of aromatic nitrogens is 4. The molecule has 236 valence electrons. The lowest BCUT2D eigenvalue weighted by molar-refractivity contribution is -0.142. The van der Waals surface area contributed by atoms with E-state index in [4.69, 9.17) is 21.3 Å². The molecule has 0 radical (unpaired) electrons. The van der Waals surface area contributed by atoms with Crippen LogP contribution in [-0.4, -0.2) is 62.0 Å². The molecule has 10 nitrogen and oxygen atoms in total. The summed E-state index contributed by atoms with van der Waals surface area (Å²) in [7, 11) is 0. The molecule has 0 bridgehead atoms. The van der Waals surface area contributed by atoms with Crippen molar-refractivity contribution < 1.29 is 18.7 Å². The topological polar surface area (TPSA) is 111 Å². The van der Waals surface area contributed by atoms with Crippen LogP contribution in [0.1, 0.15) is 44.9 Å². The van der Waals surface area contributed by atoms with E-state index in [0.717, 1.165) is 0 Å². The van der Waals surface area contributed by atoms with Gasteiger partial charge in [-0.05, 0) is 43.2 Å². The second-order valence-corrected chi connectivity index (χ2v) is 11.3. The van der Waals surface area contributed by atoms with Crippen LogP contribution < -0.4 is 10.6 Å². The van der Waals surface area contributed by atoms with Crippen LogP contribution in [0.25, 0.3) is 28.0 Å². The molecule has 1 saturated heterocycles. The predicted octanol–water partition coefficient (Wildman–Crippen LogP) is 5.10. The summed E-state index contributed by atoms with van der Waals surface area (Å²) in [6, 6.07) is 9.20. The summed E-state index contributed by atoms with van der Waals surface area (Å²) >= 11 is 6.78. The van der Waals surface area contributed by atoms with Gasteiger partial charge in [-0.2, -0.15) is 14.9 Å². The monoisotopic (exact) mass is 652 g/mol. The number of piperazine rings is 1. The molecule has 1 amide bonds. The van der Waals surface area contributed by atoms with E-state index in [1.54, 1.807) is 41.4 Å². The first kappa shape index (κ1) is 33.7. The number of halogens is 2. The van der Waals surface area contributed by atoms with Crippen LogP contribution >= 0.6 is 21.5 Å². The van der Waals surface area contributed by atoms with Crippen molar-refractivity contribution >= 4 is 50.2 Å². The van der Waals surface area contributed by atoms with Crippen molar-refractivity contribution in [1.82, 2.24) is 24.4 Å². The van der Waals surface area contributed by atoms with E-state index in [1.165, 1.54) is 23.6 Å². The number of rotatable bonds is 7. The maximum absolute atomic E-state index is 15.0. The highest BCUT2D eigenvalue weighted by Gasteiger charge is 2.31. The molecule has 0 saturated carbocycles. The van der Waals surface area contributed by atoms with Crippen LogP contribution in [0.2, 0.25) is 5.02 Å². The van der Waals surface area contributed by atoms with E-state index in [9.17, 15) is 14.4 Å². The molecule has 1 unspecified atom stereocenters. The van der Waals surface area contributed by atoms with Gasteiger partial charge in [-0.25, -0.2) is 18.7 Å². The predicted molar refractivity (Wildman–Crippen MR) is 178 cm³/mol. The molecule has 0 aliphatic carbocycles. The van der Waals surface area contributed by atoms with Gasteiger partial charge in [0.15, 0.2) is 5.65 Å². The number of esters is 1. The van der Waals surface area contributed by atoms with Crippen molar-refractivity contribution in [2.24, 2.45) is 0 Å². The van der Waals surface area contributed by atoms with Gasteiger partial charge < -0.3 is 14.5 Å². The largest absolute Gasteiger partial charge is 0.461 e. The Labute approximate surface area is 268 Å². The third kappa shape index (κ3) is 6.60. The van der Waals surface area contributed by atoms with Crippen LogP contribution in [0.15, 0.2) is 60.0 Å². The number of carbonyl (C=O) groups excluding carboxylic acids is 2. The minimum absolute atomic E-state index is 0. The van der Waals surface area contributed by atoms with E-state index in [-0.39, 0.29) is 56.3 Å².